The van der Waals surface area contributed by atoms with E-state index in [1.54, 1.807) is 42.5 Å². The predicted octanol–water partition coefficient (Wildman–Crippen LogP) is 4.91. The highest BCUT2D eigenvalue weighted by Gasteiger charge is 2.11. The van der Waals surface area contributed by atoms with Crippen LogP contribution in [0.5, 0.6) is 0 Å². The van der Waals surface area contributed by atoms with E-state index in [0.29, 0.717) is 27.6 Å². The summed E-state index contributed by atoms with van der Waals surface area (Å²) in [7, 11) is 0. The van der Waals surface area contributed by atoms with E-state index in [4.69, 9.17) is 11.6 Å². The molecule has 5 nitrogen and oxygen atoms in total. The van der Waals surface area contributed by atoms with Gasteiger partial charge < -0.3 is 10.6 Å². The van der Waals surface area contributed by atoms with E-state index in [-0.39, 0.29) is 11.6 Å². The van der Waals surface area contributed by atoms with Gasteiger partial charge in [0.05, 0.1) is 11.3 Å². The molecule has 0 atom stereocenters. The molecule has 0 saturated carbocycles. The summed E-state index contributed by atoms with van der Waals surface area (Å²) >= 11 is 5.99. The number of carbonyl (C=O) groups excluding carboxylic acids is 1. The molecule has 0 bridgehead atoms. The van der Waals surface area contributed by atoms with Gasteiger partial charge in [0.25, 0.3) is 5.91 Å². The van der Waals surface area contributed by atoms with Crippen LogP contribution in [0.1, 0.15) is 21.6 Å². The van der Waals surface area contributed by atoms with Crippen LogP contribution in [0.2, 0.25) is 5.02 Å². The van der Waals surface area contributed by atoms with E-state index in [1.807, 2.05) is 19.1 Å². The number of anilines is 3. The Morgan fingerprint density at radius 3 is 2.73 bits per heavy atom. The second kappa shape index (κ2) is 7.68. The molecule has 3 rings (SSSR count). The average Bonchev–Trinajstić information content (AvgIpc) is 2.65. The Balaban J connectivity index is 1.82. The van der Waals surface area contributed by atoms with E-state index < -0.39 is 0 Å². The van der Waals surface area contributed by atoms with Crippen LogP contribution in [0, 0.1) is 18.3 Å². The molecule has 0 saturated heterocycles. The molecule has 2 N–H and O–H groups in total. The molecule has 6 heteroatoms. The molecule has 1 heterocycles. The van der Waals surface area contributed by atoms with E-state index >= 15 is 0 Å². The first-order valence-electron chi connectivity index (χ1n) is 7.86. The standard InChI is InChI=1S/C20H15ClN4O/c1-13-6-7-15(21)10-18(13)25-20(26)19-11-16(8-9-23-19)24-17-5-3-2-4-14(17)12-22/h2-11H,1H3,(H,23,24)(H,25,26). The number of aryl methyl sites for hydroxylation is 1. The molecular formula is C20H15ClN4O. The van der Waals surface area contributed by atoms with Crippen molar-refractivity contribution in [2.75, 3.05) is 10.6 Å². The molecular weight excluding hydrogens is 348 g/mol. The summed E-state index contributed by atoms with van der Waals surface area (Å²) < 4.78 is 0. The van der Waals surface area contributed by atoms with Crippen molar-refractivity contribution in [2.45, 2.75) is 6.92 Å². The number of para-hydroxylation sites is 1. The van der Waals surface area contributed by atoms with Crippen LogP contribution in [0.3, 0.4) is 0 Å². The molecule has 0 aliphatic heterocycles. The first kappa shape index (κ1) is 17.5. The molecule has 0 fully saturated rings. The van der Waals surface area contributed by atoms with Crippen molar-refractivity contribution < 1.29 is 4.79 Å². The Hall–Kier alpha value is -3.36. The van der Waals surface area contributed by atoms with Gasteiger partial charge in [0.15, 0.2) is 0 Å². The smallest absolute Gasteiger partial charge is 0.274 e. The maximum absolute atomic E-state index is 12.5. The fourth-order valence-corrected chi connectivity index (χ4v) is 2.56. The fourth-order valence-electron chi connectivity index (χ4n) is 2.39. The maximum atomic E-state index is 12.5. The lowest BCUT2D eigenvalue weighted by molar-refractivity contribution is 0.102. The highest BCUT2D eigenvalue weighted by atomic mass is 35.5. The van der Waals surface area contributed by atoms with Gasteiger partial charge in [0, 0.05) is 22.6 Å². The first-order valence-corrected chi connectivity index (χ1v) is 8.24. The number of amides is 1. The fraction of sp³-hybridized carbons (Fsp3) is 0.0500. The Morgan fingerprint density at radius 1 is 1.12 bits per heavy atom. The van der Waals surface area contributed by atoms with Gasteiger partial charge in [-0.05, 0) is 48.9 Å². The van der Waals surface area contributed by atoms with Gasteiger partial charge in [0.1, 0.15) is 11.8 Å². The van der Waals surface area contributed by atoms with Crippen LogP contribution in [-0.4, -0.2) is 10.9 Å². The van der Waals surface area contributed by atoms with Crippen LogP contribution in [0.4, 0.5) is 17.1 Å². The summed E-state index contributed by atoms with van der Waals surface area (Å²) in [5.41, 5.74) is 3.64. The van der Waals surface area contributed by atoms with E-state index in [2.05, 4.69) is 21.7 Å². The number of carbonyl (C=O) groups is 1. The number of benzene rings is 2. The first-order chi connectivity index (χ1) is 12.6. The van der Waals surface area contributed by atoms with Gasteiger partial charge in [-0.3, -0.25) is 9.78 Å². The third kappa shape index (κ3) is 4.00. The average molecular weight is 363 g/mol. The summed E-state index contributed by atoms with van der Waals surface area (Å²) in [6, 6.07) is 17.9. The van der Waals surface area contributed by atoms with Gasteiger partial charge in [-0.15, -0.1) is 0 Å². The molecule has 128 valence electrons. The van der Waals surface area contributed by atoms with Crippen LogP contribution in [-0.2, 0) is 0 Å². The van der Waals surface area contributed by atoms with Crippen molar-refractivity contribution in [3.63, 3.8) is 0 Å². The number of nitrogens with zero attached hydrogens (tertiary/aromatic N) is 2. The van der Waals surface area contributed by atoms with Gasteiger partial charge in [0.2, 0.25) is 0 Å². The summed E-state index contributed by atoms with van der Waals surface area (Å²) in [6.45, 7) is 1.89. The number of nitrogens with one attached hydrogen (secondary N) is 2. The van der Waals surface area contributed by atoms with Crippen molar-refractivity contribution in [3.8, 4) is 6.07 Å². The Bertz CT molecular complexity index is 1010. The number of nitriles is 1. The topological polar surface area (TPSA) is 77.8 Å². The molecule has 0 unspecified atom stereocenters. The quantitative estimate of drug-likeness (QED) is 0.691. The number of aromatic nitrogens is 1. The largest absolute Gasteiger partial charge is 0.354 e. The maximum Gasteiger partial charge on any atom is 0.274 e. The van der Waals surface area contributed by atoms with Crippen molar-refractivity contribution in [1.29, 1.82) is 5.26 Å². The second-order valence-corrected chi connectivity index (χ2v) is 6.06. The van der Waals surface area contributed by atoms with Gasteiger partial charge in [-0.25, -0.2) is 0 Å². The zero-order chi connectivity index (χ0) is 18.5. The minimum absolute atomic E-state index is 0.254. The lowest BCUT2D eigenvalue weighted by atomic mass is 10.2. The SMILES string of the molecule is Cc1ccc(Cl)cc1NC(=O)c1cc(Nc2ccccc2C#N)ccn1. The molecule has 0 spiro atoms. The molecule has 1 aromatic heterocycles. The normalized spacial score (nSPS) is 10.0. The monoisotopic (exact) mass is 362 g/mol. The number of halogens is 1. The van der Waals surface area contributed by atoms with Crippen molar-refractivity contribution in [2.24, 2.45) is 0 Å². The molecule has 0 aliphatic rings. The minimum atomic E-state index is -0.340. The summed E-state index contributed by atoms with van der Waals surface area (Å²) in [6.07, 6.45) is 1.54. The number of hydrogen-bond donors (Lipinski definition) is 2. The van der Waals surface area contributed by atoms with Crippen LogP contribution >= 0.6 is 11.6 Å². The van der Waals surface area contributed by atoms with E-state index in [9.17, 15) is 10.1 Å². The zero-order valence-corrected chi connectivity index (χ0v) is 14.7. The predicted molar refractivity (Wildman–Crippen MR) is 103 cm³/mol. The summed E-state index contributed by atoms with van der Waals surface area (Å²) in [5, 5.41) is 15.7. The highest BCUT2D eigenvalue weighted by molar-refractivity contribution is 6.31. The van der Waals surface area contributed by atoms with Crippen molar-refractivity contribution in [1.82, 2.24) is 4.98 Å². The molecule has 1 amide bonds. The molecule has 26 heavy (non-hydrogen) atoms. The third-order valence-corrected chi connectivity index (χ3v) is 4.00. The van der Waals surface area contributed by atoms with Crippen molar-refractivity contribution in [3.05, 3.63) is 82.6 Å². The third-order valence-electron chi connectivity index (χ3n) is 3.77. The Labute approximate surface area is 156 Å². The molecule has 0 radical (unpaired) electrons. The summed E-state index contributed by atoms with van der Waals surface area (Å²) in [5.74, 6) is -0.340. The molecule has 3 aromatic rings. The number of hydrogen-bond acceptors (Lipinski definition) is 4. The zero-order valence-electron chi connectivity index (χ0n) is 14.0. The lowest BCUT2D eigenvalue weighted by Crippen LogP contribution is -2.14. The summed E-state index contributed by atoms with van der Waals surface area (Å²) in [4.78, 5) is 16.6. The van der Waals surface area contributed by atoms with Crippen LogP contribution in [0.15, 0.2) is 60.8 Å². The van der Waals surface area contributed by atoms with E-state index in [0.717, 1.165) is 5.56 Å². The lowest BCUT2D eigenvalue weighted by Gasteiger charge is -2.11. The Kier molecular flexibility index (Phi) is 5.16. The van der Waals surface area contributed by atoms with Crippen molar-refractivity contribution >= 4 is 34.6 Å². The Morgan fingerprint density at radius 2 is 1.92 bits per heavy atom. The van der Waals surface area contributed by atoms with Gasteiger partial charge in [-0.2, -0.15) is 5.26 Å². The van der Waals surface area contributed by atoms with Crippen LogP contribution in [0.25, 0.3) is 0 Å². The minimum Gasteiger partial charge on any atom is -0.354 e. The molecule has 2 aromatic carbocycles. The number of rotatable bonds is 4. The second-order valence-electron chi connectivity index (χ2n) is 5.63. The van der Waals surface area contributed by atoms with E-state index in [1.165, 1.54) is 6.20 Å². The molecule has 0 aliphatic carbocycles. The van der Waals surface area contributed by atoms with Gasteiger partial charge in [-0.1, -0.05) is 29.8 Å². The van der Waals surface area contributed by atoms with Crippen LogP contribution < -0.4 is 10.6 Å². The highest BCUT2D eigenvalue weighted by Crippen LogP contribution is 2.22. The van der Waals surface area contributed by atoms with Gasteiger partial charge >= 0.3 is 0 Å². The number of pyridine rings is 1.